The number of hydrogen-bond acceptors (Lipinski definition) is 5. The molecular formula is C16H16N4O2S. The molecule has 0 spiro atoms. The zero-order chi connectivity index (χ0) is 16.3. The smallest absolute Gasteiger partial charge is 0.241 e. The Kier molecular flexibility index (Phi) is 4.22. The van der Waals surface area contributed by atoms with Gasteiger partial charge in [-0.05, 0) is 30.8 Å². The molecule has 118 valence electrons. The number of fused-ring (bicyclic) bond motifs is 1. The van der Waals surface area contributed by atoms with Crippen molar-refractivity contribution in [2.75, 3.05) is 12.4 Å². The summed E-state index contributed by atoms with van der Waals surface area (Å²) in [4.78, 5) is 8.68. The van der Waals surface area contributed by atoms with Gasteiger partial charge in [-0.15, -0.1) is 0 Å². The topological polar surface area (TPSA) is 84.0 Å². The number of aromatic nitrogens is 2. The molecule has 2 N–H and O–H groups in total. The molecule has 3 aromatic rings. The summed E-state index contributed by atoms with van der Waals surface area (Å²) in [5, 5.41) is 4.26. The zero-order valence-corrected chi connectivity index (χ0v) is 13.3. The molecule has 0 bridgehead atoms. The number of para-hydroxylation sites is 1. The predicted octanol–water partition coefficient (Wildman–Crippen LogP) is 2.15. The molecule has 1 aromatic carbocycles. The first-order chi connectivity index (χ1) is 11.1. The van der Waals surface area contributed by atoms with Gasteiger partial charge in [0.2, 0.25) is 10.0 Å². The first-order valence-corrected chi connectivity index (χ1v) is 8.54. The lowest BCUT2D eigenvalue weighted by molar-refractivity contribution is 0.588. The fourth-order valence-corrected chi connectivity index (χ4v) is 2.93. The molecule has 2 aromatic heterocycles. The van der Waals surface area contributed by atoms with Gasteiger partial charge in [0, 0.05) is 24.3 Å². The zero-order valence-electron chi connectivity index (χ0n) is 12.5. The number of pyridine rings is 2. The number of hydrogen-bond donors (Lipinski definition) is 2. The van der Waals surface area contributed by atoms with E-state index in [9.17, 15) is 8.42 Å². The van der Waals surface area contributed by atoms with Gasteiger partial charge in [0.15, 0.2) is 0 Å². The van der Waals surface area contributed by atoms with Crippen LogP contribution in [0.1, 0.15) is 5.56 Å². The van der Waals surface area contributed by atoms with Crippen LogP contribution in [0.5, 0.6) is 0 Å². The van der Waals surface area contributed by atoms with Crippen molar-refractivity contribution in [2.45, 2.75) is 11.4 Å². The number of sulfonamides is 1. The number of nitrogens with one attached hydrogen (secondary N) is 2. The van der Waals surface area contributed by atoms with Gasteiger partial charge in [-0.3, -0.25) is 4.98 Å². The van der Waals surface area contributed by atoms with Crippen LogP contribution in [0.4, 0.5) is 5.82 Å². The van der Waals surface area contributed by atoms with Gasteiger partial charge >= 0.3 is 0 Å². The molecule has 0 atom stereocenters. The molecule has 0 radical (unpaired) electrons. The molecule has 23 heavy (non-hydrogen) atoms. The summed E-state index contributed by atoms with van der Waals surface area (Å²) >= 11 is 0. The van der Waals surface area contributed by atoms with Crippen LogP contribution in [0, 0.1) is 0 Å². The summed E-state index contributed by atoms with van der Waals surface area (Å²) in [5.41, 5.74) is 1.99. The van der Waals surface area contributed by atoms with Crippen molar-refractivity contribution < 1.29 is 8.42 Å². The van der Waals surface area contributed by atoms with Crippen LogP contribution in [0.25, 0.3) is 10.9 Å². The van der Waals surface area contributed by atoms with Crippen LogP contribution in [0.15, 0.2) is 59.8 Å². The Labute approximate surface area is 134 Å². The molecule has 0 aliphatic rings. The van der Waals surface area contributed by atoms with Gasteiger partial charge in [-0.25, -0.2) is 18.1 Å². The van der Waals surface area contributed by atoms with Gasteiger partial charge in [0.25, 0.3) is 0 Å². The third-order valence-electron chi connectivity index (χ3n) is 3.49. The van der Waals surface area contributed by atoms with Crippen LogP contribution in [-0.4, -0.2) is 25.4 Å². The van der Waals surface area contributed by atoms with Crippen molar-refractivity contribution in [1.29, 1.82) is 0 Å². The van der Waals surface area contributed by atoms with E-state index in [4.69, 9.17) is 0 Å². The number of nitrogens with zero attached hydrogens (tertiary/aromatic N) is 2. The van der Waals surface area contributed by atoms with Gasteiger partial charge in [-0.2, -0.15) is 0 Å². The van der Waals surface area contributed by atoms with E-state index >= 15 is 0 Å². The first-order valence-electron chi connectivity index (χ1n) is 7.06. The van der Waals surface area contributed by atoms with Gasteiger partial charge in [-0.1, -0.05) is 24.3 Å². The third-order valence-corrected chi connectivity index (χ3v) is 4.89. The molecular weight excluding hydrogens is 312 g/mol. The van der Waals surface area contributed by atoms with Crippen LogP contribution >= 0.6 is 0 Å². The number of anilines is 1. The highest BCUT2D eigenvalue weighted by molar-refractivity contribution is 7.89. The maximum absolute atomic E-state index is 11.7. The van der Waals surface area contributed by atoms with Gasteiger partial charge in [0.1, 0.15) is 10.7 Å². The molecule has 0 saturated carbocycles. The Balaban J connectivity index is 1.78. The van der Waals surface area contributed by atoms with E-state index < -0.39 is 10.0 Å². The lowest BCUT2D eigenvalue weighted by atomic mass is 10.1. The fourth-order valence-electron chi connectivity index (χ4n) is 2.26. The Morgan fingerprint density at radius 3 is 2.61 bits per heavy atom. The second-order valence-electron chi connectivity index (χ2n) is 4.93. The standard InChI is InChI=1S/C16H16N4O2S/c1-17-23(21,22)14-7-8-15(20-11-14)19-10-13-5-2-4-12-6-3-9-18-16(12)13/h2-9,11,17H,10H2,1H3,(H,19,20). The minimum atomic E-state index is -3.46. The molecule has 0 saturated heterocycles. The molecule has 2 heterocycles. The Hall–Kier alpha value is -2.51. The van der Waals surface area contributed by atoms with Crippen LogP contribution in [-0.2, 0) is 16.6 Å². The monoisotopic (exact) mass is 328 g/mol. The SMILES string of the molecule is CNS(=O)(=O)c1ccc(NCc2cccc3cccnc23)nc1. The molecule has 6 nitrogen and oxygen atoms in total. The van der Waals surface area contributed by atoms with Crippen molar-refractivity contribution in [3.05, 3.63) is 60.4 Å². The highest BCUT2D eigenvalue weighted by Crippen LogP contribution is 2.17. The van der Waals surface area contributed by atoms with Crippen LogP contribution in [0.2, 0.25) is 0 Å². The Morgan fingerprint density at radius 1 is 1.04 bits per heavy atom. The third kappa shape index (κ3) is 3.30. The fraction of sp³-hybridized carbons (Fsp3) is 0.125. The summed E-state index contributed by atoms with van der Waals surface area (Å²) in [6.07, 6.45) is 3.09. The molecule has 0 amide bonds. The van der Waals surface area contributed by atoms with E-state index in [1.807, 2.05) is 30.3 Å². The summed E-state index contributed by atoms with van der Waals surface area (Å²) in [5.74, 6) is 0.605. The molecule has 0 aliphatic heterocycles. The largest absolute Gasteiger partial charge is 0.366 e. The second-order valence-corrected chi connectivity index (χ2v) is 6.82. The summed E-state index contributed by atoms with van der Waals surface area (Å²) in [7, 11) is -2.09. The molecule has 7 heteroatoms. The van der Waals surface area contributed by atoms with Crippen molar-refractivity contribution in [1.82, 2.24) is 14.7 Å². The molecule has 0 unspecified atom stereocenters. The lowest BCUT2D eigenvalue weighted by Crippen LogP contribution is -2.18. The van der Waals surface area contributed by atoms with E-state index in [0.29, 0.717) is 12.4 Å². The average molecular weight is 328 g/mol. The number of rotatable bonds is 5. The van der Waals surface area contributed by atoms with E-state index in [1.165, 1.54) is 19.3 Å². The normalized spacial score (nSPS) is 11.5. The van der Waals surface area contributed by atoms with Gasteiger partial charge < -0.3 is 5.32 Å². The summed E-state index contributed by atoms with van der Waals surface area (Å²) < 4.78 is 25.6. The Bertz CT molecular complexity index is 919. The van der Waals surface area contributed by atoms with Gasteiger partial charge in [0.05, 0.1) is 5.52 Å². The summed E-state index contributed by atoms with van der Waals surface area (Å²) in [6.45, 7) is 0.555. The van der Waals surface area contributed by atoms with E-state index in [2.05, 4.69) is 20.0 Å². The maximum Gasteiger partial charge on any atom is 0.241 e. The molecule has 3 rings (SSSR count). The highest BCUT2D eigenvalue weighted by Gasteiger charge is 2.11. The maximum atomic E-state index is 11.7. The quantitative estimate of drug-likeness (QED) is 0.750. The van der Waals surface area contributed by atoms with Crippen molar-refractivity contribution in [3.8, 4) is 0 Å². The average Bonchev–Trinajstić information content (AvgIpc) is 2.60. The number of benzene rings is 1. The van der Waals surface area contributed by atoms with Crippen molar-refractivity contribution >= 4 is 26.7 Å². The lowest BCUT2D eigenvalue weighted by Gasteiger charge is -2.09. The minimum Gasteiger partial charge on any atom is -0.366 e. The van der Waals surface area contributed by atoms with E-state index in [0.717, 1.165) is 16.5 Å². The van der Waals surface area contributed by atoms with E-state index in [-0.39, 0.29) is 4.90 Å². The molecule has 0 aliphatic carbocycles. The first kappa shape index (κ1) is 15.4. The highest BCUT2D eigenvalue weighted by atomic mass is 32.2. The molecule has 0 fully saturated rings. The van der Waals surface area contributed by atoms with Crippen LogP contribution in [0.3, 0.4) is 0 Å². The van der Waals surface area contributed by atoms with Crippen molar-refractivity contribution in [3.63, 3.8) is 0 Å². The van der Waals surface area contributed by atoms with Crippen molar-refractivity contribution in [2.24, 2.45) is 0 Å². The Morgan fingerprint density at radius 2 is 1.87 bits per heavy atom. The summed E-state index contributed by atoms with van der Waals surface area (Å²) in [6, 6.07) is 13.1. The van der Waals surface area contributed by atoms with E-state index in [1.54, 1.807) is 12.3 Å². The second kappa shape index (κ2) is 6.31. The predicted molar refractivity (Wildman–Crippen MR) is 89.6 cm³/mol. The minimum absolute atomic E-state index is 0.136. The van der Waals surface area contributed by atoms with Crippen LogP contribution < -0.4 is 10.0 Å².